The van der Waals surface area contributed by atoms with Gasteiger partial charge in [0.1, 0.15) is 5.75 Å². The van der Waals surface area contributed by atoms with E-state index >= 15 is 0 Å². The molecule has 2 aromatic carbocycles. The molecule has 6 heteroatoms. The number of methoxy groups -OCH3 is 1. The van der Waals surface area contributed by atoms with E-state index in [-0.39, 0.29) is 5.97 Å². The van der Waals surface area contributed by atoms with Crippen molar-refractivity contribution in [2.24, 2.45) is 0 Å². The van der Waals surface area contributed by atoms with Crippen molar-refractivity contribution in [3.05, 3.63) is 53.6 Å². The second-order valence-electron chi connectivity index (χ2n) is 6.35. The van der Waals surface area contributed by atoms with Gasteiger partial charge in [0.05, 0.1) is 19.4 Å². The van der Waals surface area contributed by atoms with Crippen molar-refractivity contribution in [1.82, 2.24) is 0 Å². The van der Waals surface area contributed by atoms with Gasteiger partial charge in [-0.15, -0.1) is 0 Å². The van der Waals surface area contributed by atoms with Crippen molar-refractivity contribution in [2.45, 2.75) is 6.42 Å². The zero-order valence-electron chi connectivity index (χ0n) is 16.0. The fourth-order valence-electron chi connectivity index (χ4n) is 3.12. The minimum Gasteiger partial charge on any atom is -0.493 e. The smallest absolute Gasteiger partial charge is 0.333 e. The molecule has 0 N–H and O–H groups in total. The van der Waals surface area contributed by atoms with Crippen LogP contribution in [-0.4, -0.2) is 44.6 Å². The predicted octanol–water partition coefficient (Wildman–Crippen LogP) is 4.02. The van der Waals surface area contributed by atoms with Gasteiger partial charge in [-0.1, -0.05) is 18.2 Å². The van der Waals surface area contributed by atoms with Gasteiger partial charge >= 0.3 is 5.97 Å². The number of amides is 1. The zero-order chi connectivity index (χ0) is 19.9. The molecule has 0 spiro atoms. The summed E-state index contributed by atoms with van der Waals surface area (Å²) in [5, 5.41) is 0. The molecule has 1 heterocycles. The van der Waals surface area contributed by atoms with Gasteiger partial charge in [-0.25, -0.2) is 4.79 Å². The number of carbonyl (C=O) groups excluding carboxylic acids is 2. The molecule has 146 valence electrons. The van der Waals surface area contributed by atoms with Gasteiger partial charge < -0.3 is 14.4 Å². The Bertz CT molecular complexity index is 877. The maximum absolute atomic E-state index is 12.0. The fraction of sp³-hybridized carbons (Fsp3) is 0.273. The van der Waals surface area contributed by atoms with Crippen molar-refractivity contribution in [3.63, 3.8) is 0 Å². The summed E-state index contributed by atoms with van der Waals surface area (Å²) in [6.07, 6.45) is 5.12. The highest BCUT2D eigenvalue weighted by molar-refractivity contribution is 7.98. The number of anilines is 1. The van der Waals surface area contributed by atoms with Crippen LogP contribution in [0, 0.1) is 0 Å². The van der Waals surface area contributed by atoms with E-state index in [0.29, 0.717) is 25.1 Å². The van der Waals surface area contributed by atoms with E-state index in [2.05, 4.69) is 6.26 Å². The van der Waals surface area contributed by atoms with Crippen LogP contribution in [-0.2, 0) is 14.3 Å². The SMILES string of the molecule is COC(=O)C1=Cc2cc(-c3ccc(OCCSC)cc3)ccc2N(C=O)CC1. The van der Waals surface area contributed by atoms with Crippen LogP contribution in [0.4, 0.5) is 5.69 Å². The highest BCUT2D eigenvalue weighted by atomic mass is 32.2. The summed E-state index contributed by atoms with van der Waals surface area (Å²) in [5.41, 5.74) is 4.21. The number of carbonyl (C=O) groups is 2. The standard InChI is InChI=1S/C22H23NO4S/c1-26-22(25)18-9-10-23(15-24)21-8-5-17(13-19(21)14-18)16-3-6-20(7-4-16)27-11-12-28-2/h3-8,13-15H,9-12H2,1-2H3. The zero-order valence-corrected chi connectivity index (χ0v) is 16.8. The fourth-order valence-corrected chi connectivity index (χ4v) is 3.37. The van der Waals surface area contributed by atoms with E-state index in [4.69, 9.17) is 9.47 Å². The quantitative estimate of drug-likeness (QED) is 0.401. The Morgan fingerprint density at radius 3 is 2.61 bits per heavy atom. The lowest BCUT2D eigenvalue weighted by Crippen LogP contribution is -2.23. The third kappa shape index (κ3) is 4.57. The van der Waals surface area contributed by atoms with Crippen molar-refractivity contribution in [3.8, 4) is 16.9 Å². The Morgan fingerprint density at radius 2 is 1.93 bits per heavy atom. The number of esters is 1. The molecule has 1 aliphatic heterocycles. The first kappa shape index (κ1) is 20.0. The molecule has 0 saturated carbocycles. The largest absolute Gasteiger partial charge is 0.493 e. The average molecular weight is 397 g/mol. The number of benzene rings is 2. The Labute approximate surface area is 169 Å². The van der Waals surface area contributed by atoms with Gasteiger partial charge in [0.25, 0.3) is 0 Å². The van der Waals surface area contributed by atoms with E-state index in [1.54, 1.807) is 16.7 Å². The molecule has 1 aliphatic rings. The Hall–Kier alpha value is -2.73. The molecule has 5 nitrogen and oxygen atoms in total. The van der Waals surface area contributed by atoms with Gasteiger partial charge in [0.2, 0.25) is 6.41 Å². The summed E-state index contributed by atoms with van der Waals surface area (Å²) >= 11 is 1.75. The second kappa shape index (κ2) is 9.46. The molecule has 3 rings (SSSR count). The van der Waals surface area contributed by atoms with E-state index in [1.807, 2.05) is 48.5 Å². The van der Waals surface area contributed by atoms with Crippen molar-refractivity contribution >= 4 is 35.9 Å². The molecule has 1 amide bonds. The summed E-state index contributed by atoms with van der Waals surface area (Å²) in [6, 6.07) is 13.8. The number of nitrogens with zero attached hydrogens (tertiary/aromatic N) is 1. The molecular weight excluding hydrogens is 374 g/mol. The van der Waals surface area contributed by atoms with Crippen LogP contribution in [0.15, 0.2) is 48.0 Å². The van der Waals surface area contributed by atoms with E-state index in [1.165, 1.54) is 7.11 Å². The summed E-state index contributed by atoms with van der Waals surface area (Å²) < 4.78 is 10.6. The lowest BCUT2D eigenvalue weighted by molar-refractivity contribution is -0.136. The number of fused-ring (bicyclic) bond motifs is 1. The maximum Gasteiger partial charge on any atom is 0.333 e. The number of thioether (sulfide) groups is 1. The van der Waals surface area contributed by atoms with Gasteiger partial charge in [-0.3, -0.25) is 4.79 Å². The van der Waals surface area contributed by atoms with Crippen LogP contribution in [0.3, 0.4) is 0 Å². The summed E-state index contributed by atoms with van der Waals surface area (Å²) in [7, 11) is 1.37. The maximum atomic E-state index is 12.0. The van der Waals surface area contributed by atoms with Crippen LogP contribution in [0.25, 0.3) is 17.2 Å². The van der Waals surface area contributed by atoms with Crippen LogP contribution in [0.1, 0.15) is 12.0 Å². The Kier molecular flexibility index (Phi) is 6.76. The molecule has 0 aromatic heterocycles. The van der Waals surface area contributed by atoms with Crippen molar-refractivity contribution < 1.29 is 19.1 Å². The molecule has 0 unspecified atom stereocenters. The van der Waals surface area contributed by atoms with Gasteiger partial charge in [-0.05, 0) is 59.7 Å². The first-order valence-electron chi connectivity index (χ1n) is 9.03. The number of ether oxygens (including phenoxy) is 2. The van der Waals surface area contributed by atoms with Gasteiger partial charge in [0.15, 0.2) is 0 Å². The summed E-state index contributed by atoms with van der Waals surface area (Å²) in [4.78, 5) is 25.1. The van der Waals surface area contributed by atoms with Crippen molar-refractivity contribution in [1.29, 1.82) is 0 Å². The van der Waals surface area contributed by atoms with Crippen LogP contribution in [0.5, 0.6) is 5.75 Å². The molecule has 28 heavy (non-hydrogen) atoms. The second-order valence-corrected chi connectivity index (χ2v) is 7.33. The highest BCUT2D eigenvalue weighted by Crippen LogP contribution is 2.32. The first-order chi connectivity index (χ1) is 13.7. The van der Waals surface area contributed by atoms with Gasteiger partial charge in [0, 0.05) is 17.9 Å². The average Bonchev–Trinajstić information content (AvgIpc) is 2.92. The molecule has 0 fully saturated rings. The monoisotopic (exact) mass is 397 g/mol. The summed E-state index contributed by atoms with van der Waals surface area (Å²) in [6.45, 7) is 1.13. The molecule has 0 atom stereocenters. The normalized spacial score (nSPS) is 13.2. The van der Waals surface area contributed by atoms with Crippen molar-refractivity contribution in [2.75, 3.05) is 37.2 Å². The van der Waals surface area contributed by atoms with Crippen LogP contribution in [0.2, 0.25) is 0 Å². The molecule has 0 bridgehead atoms. The number of hydrogen-bond acceptors (Lipinski definition) is 5. The number of hydrogen-bond donors (Lipinski definition) is 0. The van der Waals surface area contributed by atoms with Gasteiger partial charge in [-0.2, -0.15) is 11.8 Å². The van der Waals surface area contributed by atoms with E-state index in [0.717, 1.165) is 40.3 Å². The lowest BCUT2D eigenvalue weighted by Gasteiger charge is -2.18. The highest BCUT2D eigenvalue weighted by Gasteiger charge is 2.20. The first-order valence-corrected chi connectivity index (χ1v) is 10.4. The molecule has 0 saturated heterocycles. The third-order valence-corrected chi connectivity index (χ3v) is 5.18. The molecule has 0 radical (unpaired) electrons. The van der Waals surface area contributed by atoms with E-state index < -0.39 is 0 Å². The minimum atomic E-state index is -0.365. The topological polar surface area (TPSA) is 55.8 Å². The minimum absolute atomic E-state index is 0.365. The Morgan fingerprint density at radius 1 is 1.18 bits per heavy atom. The lowest BCUT2D eigenvalue weighted by atomic mass is 10.0. The van der Waals surface area contributed by atoms with Crippen LogP contribution < -0.4 is 9.64 Å². The predicted molar refractivity (Wildman–Crippen MR) is 114 cm³/mol. The van der Waals surface area contributed by atoms with Crippen LogP contribution >= 0.6 is 11.8 Å². The molecule has 2 aromatic rings. The molecule has 0 aliphatic carbocycles. The third-order valence-electron chi connectivity index (χ3n) is 4.61. The van der Waals surface area contributed by atoms with E-state index in [9.17, 15) is 9.59 Å². The summed E-state index contributed by atoms with van der Waals surface area (Å²) in [5.74, 6) is 1.43. The molecular formula is C22H23NO4S. The number of rotatable bonds is 7. The Balaban J connectivity index is 1.91.